The number of hydrogen-bond donors (Lipinski definition) is 0. The number of aromatic nitrogens is 1. The molecule has 84 valence electrons. The molecule has 0 saturated heterocycles. The van der Waals surface area contributed by atoms with Crippen LogP contribution in [-0.2, 0) is 16.8 Å². The normalized spacial score (nSPS) is 18.3. The van der Waals surface area contributed by atoms with Crippen LogP contribution in [-0.4, -0.2) is 23.4 Å². The Balaban J connectivity index is 2.22. The molecule has 0 saturated carbocycles. The first-order valence-corrected chi connectivity index (χ1v) is 6.13. The second-order valence-corrected chi connectivity index (χ2v) is 4.97. The fraction of sp³-hybridized carbons (Fsp3) is 0.200. The molecule has 0 N–H and O–H groups in total. The van der Waals surface area contributed by atoms with Gasteiger partial charge in [-0.1, -0.05) is 0 Å². The van der Waals surface area contributed by atoms with Gasteiger partial charge in [0.25, 0.3) is 0 Å². The Morgan fingerprint density at radius 3 is 2.62 bits per heavy atom. The van der Waals surface area contributed by atoms with Gasteiger partial charge in [-0.2, -0.15) is 12.8 Å². The van der Waals surface area contributed by atoms with Crippen LogP contribution in [0.25, 0.3) is 0 Å². The van der Waals surface area contributed by atoms with Crippen LogP contribution in [0, 0.1) is 0 Å². The van der Waals surface area contributed by atoms with Gasteiger partial charge in [0.15, 0.2) is 0 Å². The van der Waals surface area contributed by atoms with E-state index < -0.39 is 10.2 Å². The van der Waals surface area contributed by atoms with E-state index in [-0.39, 0.29) is 6.54 Å². The third-order valence-corrected chi connectivity index (χ3v) is 3.49. The molecule has 6 heteroatoms. The molecule has 5 nitrogen and oxygen atoms in total. The third kappa shape index (κ3) is 2.27. The van der Waals surface area contributed by atoms with Crippen molar-refractivity contribution < 1.29 is 8.42 Å². The number of rotatable bonds is 2. The molecule has 0 spiro atoms. The van der Waals surface area contributed by atoms with Crippen molar-refractivity contribution in [2.45, 2.75) is 13.5 Å². The minimum absolute atomic E-state index is 0.276. The van der Waals surface area contributed by atoms with Crippen LogP contribution in [0.5, 0.6) is 0 Å². The number of allylic oxidation sites excluding steroid dienone is 1. The molecule has 0 aliphatic carbocycles. The van der Waals surface area contributed by atoms with Gasteiger partial charge in [0.1, 0.15) is 0 Å². The second kappa shape index (κ2) is 4.05. The molecule has 2 rings (SSSR count). The second-order valence-electron chi connectivity index (χ2n) is 3.43. The van der Waals surface area contributed by atoms with Crippen LogP contribution in [0.15, 0.2) is 41.2 Å². The van der Waals surface area contributed by atoms with Crippen LogP contribution in [0.2, 0.25) is 0 Å². The highest BCUT2D eigenvalue weighted by Gasteiger charge is 2.20. The average Bonchev–Trinajstić information content (AvgIpc) is 2.23. The zero-order valence-electron chi connectivity index (χ0n) is 8.74. The largest absolute Gasteiger partial charge is 0.344 e. The lowest BCUT2D eigenvalue weighted by Crippen LogP contribution is -2.27. The lowest BCUT2D eigenvalue weighted by molar-refractivity contribution is 0.495. The van der Waals surface area contributed by atoms with Gasteiger partial charge in [-0.05, 0) is 30.7 Å². The number of hydrogen-bond acceptors (Lipinski definition) is 3. The van der Waals surface area contributed by atoms with Crippen LogP contribution >= 0.6 is 0 Å². The van der Waals surface area contributed by atoms with Crippen molar-refractivity contribution in [3.8, 4) is 0 Å². The maximum absolute atomic E-state index is 11.7. The summed E-state index contributed by atoms with van der Waals surface area (Å²) in [4.78, 5) is 3.87. The molecule has 0 amide bonds. The Hall–Kier alpha value is -1.69. The fourth-order valence-corrected chi connectivity index (χ4v) is 2.39. The van der Waals surface area contributed by atoms with E-state index in [1.807, 2.05) is 0 Å². The summed E-state index contributed by atoms with van der Waals surface area (Å²) in [6, 6.07) is 3.54. The number of nitrogens with zero attached hydrogens (tertiary/aromatic N) is 3. The first-order chi connectivity index (χ1) is 7.58. The molecule has 0 fully saturated rings. The van der Waals surface area contributed by atoms with Gasteiger partial charge in [0, 0.05) is 18.6 Å². The van der Waals surface area contributed by atoms with Gasteiger partial charge in [-0.15, -0.1) is 0 Å². The predicted octanol–water partition coefficient (Wildman–Crippen LogP) is 1.12. The minimum atomic E-state index is -3.56. The summed E-state index contributed by atoms with van der Waals surface area (Å²) in [5, 5.41) is 0. The van der Waals surface area contributed by atoms with E-state index >= 15 is 0 Å². The standard InChI is InChI=1S/C10H11N3O2S/c1-9-4-7-13(16(14,15)12-9)8-10-2-5-11-6-3-10/h2-7H,8H2,1H3. The smallest absolute Gasteiger partial charge is 0.265 e. The Morgan fingerprint density at radius 1 is 1.31 bits per heavy atom. The molecule has 1 aliphatic rings. The highest BCUT2D eigenvalue weighted by Crippen LogP contribution is 2.14. The van der Waals surface area contributed by atoms with Crippen molar-refractivity contribution in [3.63, 3.8) is 0 Å². The van der Waals surface area contributed by atoms with E-state index in [4.69, 9.17) is 0 Å². The Labute approximate surface area is 94.3 Å². The van der Waals surface area contributed by atoms with Crippen molar-refractivity contribution in [2.75, 3.05) is 0 Å². The van der Waals surface area contributed by atoms with E-state index in [1.165, 1.54) is 10.5 Å². The van der Waals surface area contributed by atoms with E-state index in [9.17, 15) is 8.42 Å². The maximum atomic E-state index is 11.7. The third-order valence-electron chi connectivity index (χ3n) is 2.13. The summed E-state index contributed by atoms with van der Waals surface area (Å²) >= 11 is 0. The molecule has 16 heavy (non-hydrogen) atoms. The van der Waals surface area contributed by atoms with Crippen molar-refractivity contribution in [3.05, 3.63) is 42.4 Å². The summed E-state index contributed by atoms with van der Waals surface area (Å²) in [5.41, 5.74) is 1.36. The van der Waals surface area contributed by atoms with E-state index in [2.05, 4.69) is 9.38 Å². The molecular weight excluding hydrogens is 226 g/mol. The SMILES string of the molecule is CC1=NS(=O)(=O)N(Cc2ccncc2)C=C1. The van der Waals surface area contributed by atoms with Crippen molar-refractivity contribution in [1.29, 1.82) is 0 Å². The van der Waals surface area contributed by atoms with Crippen LogP contribution in [0.3, 0.4) is 0 Å². The summed E-state index contributed by atoms with van der Waals surface area (Å²) in [6.07, 6.45) is 6.45. The molecule has 0 radical (unpaired) electrons. The molecule has 0 bridgehead atoms. The minimum Gasteiger partial charge on any atom is -0.265 e. The van der Waals surface area contributed by atoms with Crippen molar-refractivity contribution in [2.24, 2.45) is 4.40 Å². The van der Waals surface area contributed by atoms with E-state index in [0.29, 0.717) is 5.71 Å². The molecular formula is C10H11N3O2S. The Kier molecular flexibility index (Phi) is 2.74. The molecule has 0 aromatic carbocycles. The molecule has 0 unspecified atom stereocenters. The van der Waals surface area contributed by atoms with Gasteiger partial charge in [0.2, 0.25) is 0 Å². The molecule has 0 atom stereocenters. The van der Waals surface area contributed by atoms with E-state index in [1.54, 1.807) is 37.5 Å². The lowest BCUT2D eigenvalue weighted by atomic mass is 10.3. The van der Waals surface area contributed by atoms with Gasteiger partial charge in [-0.3, -0.25) is 9.29 Å². The van der Waals surface area contributed by atoms with Gasteiger partial charge < -0.3 is 0 Å². The molecule has 1 aromatic rings. The zero-order chi connectivity index (χ0) is 11.6. The van der Waals surface area contributed by atoms with Crippen LogP contribution < -0.4 is 0 Å². The maximum Gasteiger partial charge on any atom is 0.344 e. The van der Waals surface area contributed by atoms with Crippen LogP contribution in [0.1, 0.15) is 12.5 Å². The molecule has 2 heterocycles. The quantitative estimate of drug-likeness (QED) is 0.774. The van der Waals surface area contributed by atoms with Crippen molar-refractivity contribution in [1.82, 2.24) is 9.29 Å². The van der Waals surface area contributed by atoms with Crippen LogP contribution in [0.4, 0.5) is 0 Å². The lowest BCUT2D eigenvalue weighted by Gasteiger charge is -2.20. The monoisotopic (exact) mass is 237 g/mol. The highest BCUT2D eigenvalue weighted by atomic mass is 32.2. The first kappa shape index (κ1) is 10.8. The first-order valence-electron chi connectivity index (χ1n) is 4.73. The summed E-state index contributed by atoms with van der Waals surface area (Å²) in [6.45, 7) is 1.93. The topological polar surface area (TPSA) is 62.6 Å². The zero-order valence-corrected chi connectivity index (χ0v) is 9.55. The van der Waals surface area contributed by atoms with Gasteiger partial charge >= 0.3 is 10.2 Å². The Morgan fingerprint density at radius 2 is 2.00 bits per heavy atom. The Bertz CT molecular complexity index is 534. The highest BCUT2D eigenvalue weighted by molar-refractivity contribution is 7.88. The summed E-state index contributed by atoms with van der Waals surface area (Å²) < 4.78 is 28.1. The predicted molar refractivity (Wildman–Crippen MR) is 60.9 cm³/mol. The molecule has 1 aliphatic heterocycles. The average molecular weight is 237 g/mol. The summed E-state index contributed by atoms with van der Waals surface area (Å²) in [7, 11) is -3.56. The van der Waals surface area contributed by atoms with E-state index in [0.717, 1.165) is 5.56 Å². The fourth-order valence-electron chi connectivity index (χ4n) is 1.34. The van der Waals surface area contributed by atoms with Gasteiger partial charge in [0.05, 0.1) is 12.3 Å². The van der Waals surface area contributed by atoms with Crippen molar-refractivity contribution >= 4 is 15.9 Å². The van der Waals surface area contributed by atoms with Gasteiger partial charge in [-0.25, -0.2) is 0 Å². The summed E-state index contributed by atoms with van der Waals surface area (Å²) in [5.74, 6) is 0. The number of pyridine rings is 1. The molecule has 1 aromatic heterocycles.